The SMILES string of the molecule is CCCCCCCC/C=C/CCCCCC(=O)O[C@@H](COC(=O)CCCC/C=C/CCCCCCCCCCC)CO[C@H]1O[C@@H](CO)[C@@H](O)C(O)C1O. The summed E-state index contributed by atoms with van der Waals surface area (Å²) in [6.07, 6.45) is 29.0. The quantitative estimate of drug-likeness (QED) is 0.0281. The van der Waals surface area contributed by atoms with Gasteiger partial charge in [0.15, 0.2) is 12.4 Å². The molecule has 53 heavy (non-hydrogen) atoms. The summed E-state index contributed by atoms with van der Waals surface area (Å²) in [5, 5.41) is 40.0. The van der Waals surface area contributed by atoms with Crippen LogP contribution in [0.1, 0.15) is 181 Å². The van der Waals surface area contributed by atoms with Gasteiger partial charge in [-0.3, -0.25) is 9.59 Å². The van der Waals surface area contributed by atoms with Gasteiger partial charge in [-0.15, -0.1) is 0 Å². The third-order valence-electron chi connectivity index (χ3n) is 9.81. The molecule has 0 aliphatic carbocycles. The van der Waals surface area contributed by atoms with Crippen LogP contribution >= 0.6 is 0 Å². The fourth-order valence-corrected chi connectivity index (χ4v) is 6.35. The van der Waals surface area contributed by atoms with Crippen molar-refractivity contribution in [3.63, 3.8) is 0 Å². The van der Waals surface area contributed by atoms with Gasteiger partial charge in [0.25, 0.3) is 0 Å². The van der Waals surface area contributed by atoms with Gasteiger partial charge in [0.1, 0.15) is 31.0 Å². The molecule has 10 nitrogen and oxygen atoms in total. The average molecular weight is 755 g/mol. The van der Waals surface area contributed by atoms with E-state index < -0.39 is 55.4 Å². The number of esters is 2. The Morgan fingerprint density at radius 1 is 0.566 bits per heavy atom. The van der Waals surface area contributed by atoms with E-state index in [4.69, 9.17) is 18.9 Å². The lowest BCUT2D eigenvalue weighted by Gasteiger charge is -2.39. The maximum Gasteiger partial charge on any atom is 0.306 e. The Bertz CT molecular complexity index is 923. The molecule has 6 atom stereocenters. The molecule has 0 saturated carbocycles. The second-order valence-corrected chi connectivity index (χ2v) is 14.8. The van der Waals surface area contributed by atoms with E-state index in [0.717, 1.165) is 44.9 Å². The fraction of sp³-hybridized carbons (Fsp3) is 0.860. The van der Waals surface area contributed by atoms with E-state index >= 15 is 0 Å². The standard InChI is InChI=1S/C43H78O10/c1-3-5-7-9-11-13-15-17-18-20-21-23-25-27-29-31-38(45)50-34-36(35-51-43-42(49)41(48)40(47)37(33-44)53-43)52-39(46)32-30-28-26-24-22-19-16-14-12-10-8-6-4-2/h19,21-23,36-37,40-44,47-49H,3-18,20,24-35H2,1-2H3/b22-19+,23-21+/t36-,37-,40+,41?,42?,43-/m0/s1. The van der Waals surface area contributed by atoms with Crippen molar-refractivity contribution in [3.8, 4) is 0 Å². The Kier molecular flexibility index (Phi) is 32.2. The highest BCUT2D eigenvalue weighted by Crippen LogP contribution is 2.22. The van der Waals surface area contributed by atoms with Crippen molar-refractivity contribution in [1.82, 2.24) is 0 Å². The number of ether oxygens (including phenoxy) is 4. The first-order valence-electron chi connectivity index (χ1n) is 21.4. The summed E-state index contributed by atoms with van der Waals surface area (Å²) in [5.41, 5.74) is 0. The average Bonchev–Trinajstić information content (AvgIpc) is 3.15. The Hall–Kier alpha value is -1.82. The van der Waals surface area contributed by atoms with E-state index in [1.807, 2.05) is 0 Å². The number of aliphatic hydroxyl groups is 4. The molecule has 1 aliphatic rings. The molecule has 0 aromatic heterocycles. The molecule has 1 rings (SSSR count). The second kappa shape index (κ2) is 34.7. The van der Waals surface area contributed by atoms with Gasteiger partial charge in [-0.1, -0.05) is 128 Å². The molecule has 4 N–H and O–H groups in total. The summed E-state index contributed by atoms with van der Waals surface area (Å²) in [4.78, 5) is 25.2. The minimum Gasteiger partial charge on any atom is -0.462 e. The molecule has 0 amide bonds. The highest BCUT2D eigenvalue weighted by Gasteiger charge is 2.44. The number of aliphatic hydroxyl groups excluding tert-OH is 4. The van der Waals surface area contributed by atoms with Gasteiger partial charge in [-0.05, 0) is 64.2 Å². The molecule has 0 bridgehead atoms. The van der Waals surface area contributed by atoms with Crippen molar-refractivity contribution in [2.24, 2.45) is 0 Å². The number of allylic oxidation sites excluding steroid dienone is 4. The first kappa shape index (κ1) is 49.2. The molecule has 1 fully saturated rings. The smallest absolute Gasteiger partial charge is 0.306 e. The number of hydrogen-bond donors (Lipinski definition) is 4. The Balaban J connectivity index is 2.38. The highest BCUT2D eigenvalue weighted by molar-refractivity contribution is 5.70. The summed E-state index contributed by atoms with van der Waals surface area (Å²) < 4.78 is 22.1. The number of carbonyl (C=O) groups is 2. The van der Waals surface area contributed by atoms with Gasteiger partial charge in [0, 0.05) is 12.8 Å². The molecule has 0 aromatic rings. The molecular formula is C43H78O10. The largest absolute Gasteiger partial charge is 0.462 e. The Labute approximate surface area is 322 Å². The van der Waals surface area contributed by atoms with Crippen LogP contribution in [0, 0.1) is 0 Å². The van der Waals surface area contributed by atoms with Crippen LogP contribution in [0.4, 0.5) is 0 Å². The third-order valence-corrected chi connectivity index (χ3v) is 9.81. The zero-order valence-electron chi connectivity index (χ0n) is 33.5. The monoisotopic (exact) mass is 755 g/mol. The Morgan fingerprint density at radius 3 is 1.51 bits per heavy atom. The normalized spacial score (nSPS) is 21.1. The molecule has 1 heterocycles. The molecule has 1 saturated heterocycles. The first-order valence-corrected chi connectivity index (χ1v) is 21.4. The fourth-order valence-electron chi connectivity index (χ4n) is 6.35. The van der Waals surface area contributed by atoms with E-state index in [-0.39, 0.29) is 26.1 Å². The van der Waals surface area contributed by atoms with E-state index in [1.165, 1.54) is 96.3 Å². The van der Waals surface area contributed by atoms with Crippen LogP contribution in [0.3, 0.4) is 0 Å². The van der Waals surface area contributed by atoms with Crippen molar-refractivity contribution < 1.29 is 49.0 Å². The van der Waals surface area contributed by atoms with Gasteiger partial charge in [-0.25, -0.2) is 0 Å². The van der Waals surface area contributed by atoms with E-state index in [0.29, 0.717) is 12.8 Å². The van der Waals surface area contributed by atoms with Crippen LogP contribution in [-0.2, 0) is 28.5 Å². The van der Waals surface area contributed by atoms with E-state index in [1.54, 1.807) is 0 Å². The van der Waals surface area contributed by atoms with E-state index in [2.05, 4.69) is 38.2 Å². The molecule has 2 unspecified atom stereocenters. The summed E-state index contributed by atoms with van der Waals surface area (Å²) in [7, 11) is 0. The molecule has 0 radical (unpaired) electrons. The predicted octanol–water partition coefficient (Wildman–Crippen LogP) is 8.55. The van der Waals surface area contributed by atoms with Crippen LogP contribution in [0.2, 0.25) is 0 Å². The van der Waals surface area contributed by atoms with Crippen molar-refractivity contribution >= 4 is 11.9 Å². The summed E-state index contributed by atoms with van der Waals surface area (Å²) >= 11 is 0. The number of unbranched alkanes of at least 4 members (excludes halogenated alkanes) is 20. The van der Waals surface area contributed by atoms with Crippen LogP contribution in [0.15, 0.2) is 24.3 Å². The molecule has 310 valence electrons. The Morgan fingerprint density at radius 2 is 1.00 bits per heavy atom. The van der Waals surface area contributed by atoms with Crippen LogP contribution < -0.4 is 0 Å². The summed E-state index contributed by atoms with van der Waals surface area (Å²) in [6, 6.07) is 0. The molecule has 0 aromatic carbocycles. The molecular weight excluding hydrogens is 676 g/mol. The maximum atomic E-state index is 12.7. The van der Waals surface area contributed by atoms with Crippen LogP contribution in [0.25, 0.3) is 0 Å². The molecule has 1 aliphatic heterocycles. The van der Waals surface area contributed by atoms with Crippen molar-refractivity contribution in [3.05, 3.63) is 24.3 Å². The first-order chi connectivity index (χ1) is 25.8. The maximum absolute atomic E-state index is 12.7. The van der Waals surface area contributed by atoms with Crippen molar-refractivity contribution in [2.45, 2.75) is 218 Å². The van der Waals surface area contributed by atoms with Crippen LogP contribution in [0.5, 0.6) is 0 Å². The van der Waals surface area contributed by atoms with Crippen molar-refractivity contribution in [1.29, 1.82) is 0 Å². The minimum atomic E-state index is -1.60. The lowest BCUT2D eigenvalue weighted by Crippen LogP contribution is -2.59. The van der Waals surface area contributed by atoms with Crippen molar-refractivity contribution in [2.75, 3.05) is 19.8 Å². The predicted molar refractivity (Wildman–Crippen MR) is 210 cm³/mol. The van der Waals surface area contributed by atoms with Crippen LogP contribution in [-0.4, -0.2) is 89.0 Å². The van der Waals surface area contributed by atoms with Gasteiger partial charge in [0.2, 0.25) is 0 Å². The zero-order chi connectivity index (χ0) is 38.8. The van der Waals surface area contributed by atoms with Gasteiger partial charge in [0.05, 0.1) is 13.2 Å². The number of carbonyl (C=O) groups excluding carboxylic acids is 2. The lowest BCUT2D eigenvalue weighted by atomic mass is 9.99. The lowest BCUT2D eigenvalue weighted by molar-refractivity contribution is -0.305. The topological polar surface area (TPSA) is 152 Å². The second-order valence-electron chi connectivity index (χ2n) is 14.8. The number of hydrogen-bond acceptors (Lipinski definition) is 10. The van der Waals surface area contributed by atoms with Gasteiger partial charge >= 0.3 is 11.9 Å². The molecule has 0 spiro atoms. The summed E-state index contributed by atoms with van der Waals surface area (Å²) in [6.45, 7) is 3.37. The minimum absolute atomic E-state index is 0.207. The summed E-state index contributed by atoms with van der Waals surface area (Å²) in [5.74, 6) is -0.849. The van der Waals surface area contributed by atoms with Gasteiger partial charge < -0.3 is 39.4 Å². The third kappa shape index (κ3) is 26.6. The van der Waals surface area contributed by atoms with Gasteiger partial charge in [-0.2, -0.15) is 0 Å². The number of rotatable bonds is 35. The highest BCUT2D eigenvalue weighted by atomic mass is 16.7. The molecule has 10 heteroatoms. The van der Waals surface area contributed by atoms with E-state index in [9.17, 15) is 30.0 Å². The zero-order valence-corrected chi connectivity index (χ0v) is 33.5.